The smallest absolute Gasteiger partial charge is 0.120 e. The van der Waals surface area contributed by atoms with E-state index in [-0.39, 0.29) is 0 Å². The Labute approximate surface area is 267 Å². The van der Waals surface area contributed by atoms with Crippen LogP contribution in [0.15, 0.2) is 133 Å². The predicted molar refractivity (Wildman–Crippen MR) is 194 cm³/mol. The molecule has 222 valence electrons. The Hall–Kier alpha value is -4.86. The molecule has 0 saturated heterocycles. The molecule has 0 fully saturated rings. The molecule has 45 heavy (non-hydrogen) atoms. The minimum absolute atomic E-state index is 0.883. The maximum atomic E-state index is 5.64. The number of rotatable bonds is 8. The van der Waals surface area contributed by atoms with Crippen molar-refractivity contribution in [2.75, 3.05) is 14.2 Å². The highest BCUT2D eigenvalue weighted by atomic mass is 28.3. The molecule has 3 heteroatoms. The van der Waals surface area contributed by atoms with Crippen molar-refractivity contribution in [3.05, 3.63) is 156 Å². The van der Waals surface area contributed by atoms with E-state index in [1.54, 1.807) is 14.2 Å². The van der Waals surface area contributed by atoms with E-state index in [1.165, 1.54) is 65.3 Å². The third-order valence-electron chi connectivity index (χ3n) is 9.71. The molecular weight excluding hydrogens is 565 g/mol. The van der Waals surface area contributed by atoms with E-state index in [2.05, 4.69) is 135 Å². The van der Waals surface area contributed by atoms with Gasteiger partial charge < -0.3 is 9.47 Å². The van der Waals surface area contributed by atoms with Gasteiger partial charge in [0, 0.05) is 0 Å². The van der Waals surface area contributed by atoms with Gasteiger partial charge in [-0.1, -0.05) is 123 Å². The Kier molecular flexibility index (Phi) is 7.64. The number of hydrogen-bond donors (Lipinski definition) is 0. The maximum absolute atomic E-state index is 5.64. The topological polar surface area (TPSA) is 18.5 Å². The van der Waals surface area contributed by atoms with Crippen LogP contribution >= 0.6 is 0 Å². The summed E-state index contributed by atoms with van der Waals surface area (Å²) in [5, 5.41) is 7.91. The summed E-state index contributed by atoms with van der Waals surface area (Å²) < 4.78 is 11.3. The molecule has 6 aromatic rings. The van der Waals surface area contributed by atoms with Crippen molar-refractivity contribution in [3.8, 4) is 11.5 Å². The van der Waals surface area contributed by atoms with Gasteiger partial charge in [0.25, 0.3) is 0 Å². The van der Waals surface area contributed by atoms with Crippen LogP contribution in [-0.4, -0.2) is 22.3 Å². The van der Waals surface area contributed by atoms with Crippen LogP contribution in [0, 0.1) is 0 Å². The first kappa shape index (κ1) is 28.9. The summed E-state index contributed by atoms with van der Waals surface area (Å²) in [6.45, 7) is 4.83. The van der Waals surface area contributed by atoms with Gasteiger partial charge in [-0.25, -0.2) is 0 Å². The lowest BCUT2D eigenvalue weighted by Crippen LogP contribution is -2.35. The molecule has 7 rings (SSSR count). The number of hydrogen-bond acceptors (Lipinski definition) is 2. The van der Waals surface area contributed by atoms with E-state index in [0.717, 1.165) is 23.6 Å². The third-order valence-corrected chi connectivity index (χ3v) is 15.1. The fourth-order valence-electron chi connectivity index (χ4n) is 7.45. The van der Waals surface area contributed by atoms with Crippen molar-refractivity contribution in [2.24, 2.45) is 0 Å². The quantitative estimate of drug-likeness (QED) is 0.161. The zero-order chi connectivity index (χ0) is 31.0. The molecule has 0 spiro atoms. The van der Waals surface area contributed by atoms with Gasteiger partial charge in [0.1, 0.15) is 19.6 Å². The highest BCUT2D eigenvalue weighted by Gasteiger charge is 2.48. The summed E-state index contributed by atoms with van der Waals surface area (Å²) in [6.07, 6.45) is 0. The number of methoxy groups -OCH3 is 2. The number of fused-ring (bicyclic) bond motifs is 2. The Morgan fingerprint density at radius 3 is 1.20 bits per heavy atom. The van der Waals surface area contributed by atoms with Gasteiger partial charge in [0.2, 0.25) is 0 Å². The minimum Gasteiger partial charge on any atom is -0.497 e. The van der Waals surface area contributed by atoms with E-state index >= 15 is 0 Å². The molecule has 0 N–H and O–H groups in total. The summed E-state index contributed by atoms with van der Waals surface area (Å²) in [7, 11) is 1.15. The highest BCUT2D eigenvalue weighted by molar-refractivity contribution is 7.14. The molecule has 0 amide bonds. The van der Waals surface area contributed by atoms with Crippen LogP contribution in [0.4, 0.5) is 0 Å². The lowest BCUT2D eigenvalue weighted by Gasteiger charge is -2.33. The molecule has 0 aromatic heterocycles. The number of benzene rings is 6. The molecule has 1 heterocycles. The molecule has 1 aliphatic rings. The largest absolute Gasteiger partial charge is 0.497 e. The van der Waals surface area contributed by atoms with Crippen LogP contribution in [-0.2, 0) is 0 Å². The van der Waals surface area contributed by atoms with E-state index in [0.29, 0.717) is 0 Å². The van der Waals surface area contributed by atoms with E-state index in [9.17, 15) is 0 Å². The average molecular weight is 603 g/mol. The first-order valence-corrected chi connectivity index (χ1v) is 18.3. The molecule has 0 radical (unpaired) electrons. The first-order valence-electron chi connectivity index (χ1n) is 15.9. The Bertz CT molecular complexity index is 1940. The average Bonchev–Trinajstić information content (AvgIpc) is 3.42. The van der Waals surface area contributed by atoms with Crippen LogP contribution in [0.25, 0.3) is 43.1 Å². The van der Waals surface area contributed by atoms with Crippen molar-refractivity contribution in [1.82, 2.24) is 0 Å². The molecule has 2 nitrogen and oxygen atoms in total. The normalized spacial score (nSPS) is 14.4. The molecule has 1 aliphatic heterocycles. The molecular formula is C42H38O2Si. The summed E-state index contributed by atoms with van der Waals surface area (Å²) in [4.78, 5) is 0. The third kappa shape index (κ3) is 4.88. The second kappa shape index (κ2) is 11.9. The summed E-state index contributed by atoms with van der Waals surface area (Å²) in [5.41, 5.74) is 7.92. The fourth-order valence-corrected chi connectivity index (χ4v) is 12.5. The SMILES string of the molecule is CC[Si]1(CC)C(c2ccc3ccc(OC)cc3c2)=C(c2ccccc2)C(c2ccccc2)=C1c1ccc2ccc(OC)cc2c1. The van der Waals surface area contributed by atoms with E-state index in [4.69, 9.17) is 9.47 Å². The van der Waals surface area contributed by atoms with Crippen LogP contribution in [0.2, 0.25) is 12.1 Å². The van der Waals surface area contributed by atoms with Crippen LogP contribution in [0.5, 0.6) is 11.5 Å². The van der Waals surface area contributed by atoms with Crippen molar-refractivity contribution >= 4 is 51.2 Å². The lowest BCUT2D eigenvalue weighted by atomic mass is 9.89. The summed E-state index contributed by atoms with van der Waals surface area (Å²) in [5.74, 6) is 1.77. The van der Waals surface area contributed by atoms with Gasteiger partial charge in [-0.05, 0) is 102 Å². The first-order chi connectivity index (χ1) is 22.1. The van der Waals surface area contributed by atoms with Gasteiger partial charge in [0.15, 0.2) is 0 Å². The Morgan fingerprint density at radius 2 is 0.822 bits per heavy atom. The van der Waals surface area contributed by atoms with Crippen molar-refractivity contribution < 1.29 is 9.47 Å². The van der Waals surface area contributed by atoms with Gasteiger partial charge in [-0.3, -0.25) is 0 Å². The maximum Gasteiger partial charge on any atom is 0.120 e. The zero-order valence-corrected chi connectivity index (χ0v) is 27.4. The molecule has 0 aliphatic carbocycles. The summed E-state index contributed by atoms with van der Waals surface area (Å²) >= 11 is 0. The number of allylic oxidation sites excluding steroid dienone is 2. The van der Waals surface area contributed by atoms with Crippen LogP contribution in [0.1, 0.15) is 36.1 Å². The van der Waals surface area contributed by atoms with Crippen molar-refractivity contribution in [3.63, 3.8) is 0 Å². The summed E-state index contributed by atoms with van der Waals surface area (Å²) in [6, 6.07) is 51.2. The Balaban J connectivity index is 1.60. The standard InChI is InChI=1S/C42H38O2Si/c1-5-45(6-2)41(33-19-17-29-21-23-37(43-3)27-35(29)25-33)39(31-13-9-7-10-14-31)40(32-15-11-8-12-16-32)42(45)34-20-18-30-22-24-38(44-4)28-36(30)26-34/h7-28H,5-6H2,1-4H3. The molecule has 0 saturated carbocycles. The van der Waals surface area contributed by atoms with Crippen molar-refractivity contribution in [1.29, 1.82) is 0 Å². The second-order valence-corrected chi connectivity index (χ2v) is 16.5. The van der Waals surface area contributed by atoms with Gasteiger partial charge in [0.05, 0.1) is 14.2 Å². The molecule has 0 unspecified atom stereocenters. The molecule has 0 bridgehead atoms. The van der Waals surface area contributed by atoms with Crippen LogP contribution < -0.4 is 9.47 Å². The number of ether oxygens (including phenoxy) is 2. The van der Waals surface area contributed by atoms with E-state index < -0.39 is 8.07 Å². The van der Waals surface area contributed by atoms with Gasteiger partial charge in [-0.2, -0.15) is 0 Å². The highest BCUT2D eigenvalue weighted by Crippen LogP contribution is 2.58. The van der Waals surface area contributed by atoms with Crippen LogP contribution in [0.3, 0.4) is 0 Å². The Morgan fingerprint density at radius 1 is 0.422 bits per heavy atom. The van der Waals surface area contributed by atoms with Gasteiger partial charge in [-0.15, -0.1) is 0 Å². The fraction of sp³-hybridized carbons (Fsp3) is 0.143. The molecule has 0 atom stereocenters. The zero-order valence-electron chi connectivity index (χ0n) is 26.4. The monoisotopic (exact) mass is 602 g/mol. The minimum atomic E-state index is -2.33. The van der Waals surface area contributed by atoms with Gasteiger partial charge >= 0.3 is 0 Å². The van der Waals surface area contributed by atoms with Crippen molar-refractivity contribution in [2.45, 2.75) is 25.9 Å². The molecule has 6 aromatic carbocycles. The van der Waals surface area contributed by atoms with E-state index in [1.807, 2.05) is 12.1 Å². The lowest BCUT2D eigenvalue weighted by molar-refractivity contribution is 0.415. The second-order valence-electron chi connectivity index (χ2n) is 11.9. The predicted octanol–water partition coefficient (Wildman–Crippen LogP) is 11.1.